The van der Waals surface area contributed by atoms with Gasteiger partial charge in [0.15, 0.2) is 0 Å². The molecule has 1 fully saturated rings. The van der Waals surface area contributed by atoms with E-state index in [0.717, 1.165) is 32.4 Å². The van der Waals surface area contributed by atoms with E-state index in [2.05, 4.69) is 10.1 Å². The van der Waals surface area contributed by atoms with E-state index in [0.29, 0.717) is 23.2 Å². The van der Waals surface area contributed by atoms with Crippen LogP contribution in [0, 0.1) is 0 Å². The van der Waals surface area contributed by atoms with Crippen LogP contribution >= 0.6 is 11.6 Å². The topological polar surface area (TPSA) is 30.5 Å². The fourth-order valence-corrected chi connectivity index (χ4v) is 2.61. The van der Waals surface area contributed by atoms with Crippen molar-refractivity contribution < 1.29 is 18.3 Å². The molecule has 2 rings (SSSR count). The van der Waals surface area contributed by atoms with Crippen LogP contribution in [0.15, 0.2) is 18.2 Å². The Labute approximate surface area is 128 Å². The van der Waals surface area contributed by atoms with E-state index in [1.54, 1.807) is 12.1 Å². The molecule has 1 atom stereocenters. The highest BCUT2D eigenvalue weighted by Crippen LogP contribution is 2.24. The van der Waals surface area contributed by atoms with Crippen LogP contribution in [0.5, 0.6) is 5.75 Å². The largest absolute Gasteiger partial charge is 0.434 e. The van der Waals surface area contributed by atoms with Crippen LogP contribution in [0.1, 0.15) is 31.2 Å². The first-order valence-electron chi connectivity index (χ1n) is 7.20. The highest BCUT2D eigenvalue weighted by molar-refractivity contribution is 6.30. The van der Waals surface area contributed by atoms with Gasteiger partial charge in [0.2, 0.25) is 0 Å². The monoisotopic (exact) mass is 319 g/mol. The molecule has 0 amide bonds. The van der Waals surface area contributed by atoms with Crippen LogP contribution in [-0.2, 0) is 11.3 Å². The second kappa shape index (κ2) is 8.51. The molecule has 0 bridgehead atoms. The van der Waals surface area contributed by atoms with Gasteiger partial charge in [-0.3, -0.25) is 0 Å². The fraction of sp³-hybridized carbons (Fsp3) is 0.600. The number of hydrogen-bond acceptors (Lipinski definition) is 3. The number of benzene rings is 1. The van der Waals surface area contributed by atoms with Crippen LogP contribution in [-0.4, -0.2) is 25.9 Å². The van der Waals surface area contributed by atoms with Crippen LogP contribution < -0.4 is 10.1 Å². The van der Waals surface area contributed by atoms with E-state index >= 15 is 0 Å². The number of ether oxygens (including phenoxy) is 2. The van der Waals surface area contributed by atoms with Gasteiger partial charge < -0.3 is 14.8 Å². The second-order valence-corrected chi connectivity index (χ2v) is 5.52. The highest BCUT2D eigenvalue weighted by atomic mass is 35.5. The molecule has 1 aliphatic heterocycles. The van der Waals surface area contributed by atoms with Crippen molar-refractivity contribution in [3.8, 4) is 5.75 Å². The van der Waals surface area contributed by atoms with Gasteiger partial charge in [-0.05, 0) is 50.4 Å². The van der Waals surface area contributed by atoms with Crippen LogP contribution in [0.4, 0.5) is 8.78 Å². The number of halogens is 3. The summed E-state index contributed by atoms with van der Waals surface area (Å²) in [5, 5.41) is 3.73. The van der Waals surface area contributed by atoms with Crippen molar-refractivity contribution in [2.24, 2.45) is 0 Å². The van der Waals surface area contributed by atoms with E-state index in [4.69, 9.17) is 16.3 Å². The summed E-state index contributed by atoms with van der Waals surface area (Å²) >= 11 is 5.90. The molecular formula is C15H20ClF2NO2. The first-order valence-corrected chi connectivity index (χ1v) is 7.58. The van der Waals surface area contributed by atoms with Gasteiger partial charge in [0.1, 0.15) is 5.75 Å². The highest BCUT2D eigenvalue weighted by Gasteiger charge is 2.14. The summed E-state index contributed by atoms with van der Waals surface area (Å²) in [5.74, 6) is 0.163. The minimum atomic E-state index is -2.83. The summed E-state index contributed by atoms with van der Waals surface area (Å²) < 4.78 is 34.8. The van der Waals surface area contributed by atoms with E-state index in [1.165, 1.54) is 12.5 Å². The van der Waals surface area contributed by atoms with Crippen LogP contribution in [0.2, 0.25) is 5.02 Å². The molecule has 0 aromatic heterocycles. The minimum Gasteiger partial charge on any atom is -0.434 e. The average molecular weight is 320 g/mol. The molecule has 0 radical (unpaired) electrons. The maximum Gasteiger partial charge on any atom is 0.387 e. The first kappa shape index (κ1) is 16.5. The molecule has 1 aromatic rings. The molecular weight excluding hydrogens is 300 g/mol. The zero-order chi connectivity index (χ0) is 15.1. The third-order valence-electron chi connectivity index (χ3n) is 3.47. The smallest absolute Gasteiger partial charge is 0.387 e. The Morgan fingerprint density at radius 2 is 2.24 bits per heavy atom. The molecule has 0 saturated carbocycles. The van der Waals surface area contributed by atoms with Gasteiger partial charge in [0.05, 0.1) is 6.10 Å². The summed E-state index contributed by atoms with van der Waals surface area (Å²) in [6.07, 6.45) is 4.68. The summed E-state index contributed by atoms with van der Waals surface area (Å²) in [6, 6.07) is 4.65. The van der Waals surface area contributed by atoms with Crippen LogP contribution in [0.3, 0.4) is 0 Å². The van der Waals surface area contributed by atoms with E-state index in [-0.39, 0.29) is 5.75 Å². The average Bonchev–Trinajstić information content (AvgIpc) is 2.47. The van der Waals surface area contributed by atoms with Crippen molar-refractivity contribution in [1.29, 1.82) is 0 Å². The van der Waals surface area contributed by atoms with Gasteiger partial charge >= 0.3 is 6.61 Å². The van der Waals surface area contributed by atoms with E-state index < -0.39 is 6.61 Å². The maximum absolute atomic E-state index is 12.3. The van der Waals surface area contributed by atoms with Gasteiger partial charge in [-0.2, -0.15) is 8.78 Å². The van der Waals surface area contributed by atoms with Gasteiger partial charge in [0, 0.05) is 23.7 Å². The minimum absolute atomic E-state index is 0.163. The molecule has 1 saturated heterocycles. The van der Waals surface area contributed by atoms with Crippen molar-refractivity contribution in [2.75, 3.05) is 13.2 Å². The van der Waals surface area contributed by atoms with Gasteiger partial charge in [-0.1, -0.05) is 11.6 Å². The SMILES string of the molecule is FC(F)Oc1ccc(Cl)cc1CNCCC1CCCCO1. The molecule has 3 nitrogen and oxygen atoms in total. The quantitative estimate of drug-likeness (QED) is 0.771. The lowest BCUT2D eigenvalue weighted by Crippen LogP contribution is -2.25. The Morgan fingerprint density at radius 1 is 1.38 bits per heavy atom. The van der Waals surface area contributed by atoms with Crippen LogP contribution in [0.25, 0.3) is 0 Å². The summed E-state index contributed by atoms with van der Waals surface area (Å²) in [4.78, 5) is 0. The van der Waals surface area contributed by atoms with Gasteiger partial charge in [-0.25, -0.2) is 0 Å². The van der Waals surface area contributed by atoms with Crippen molar-refractivity contribution in [2.45, 2.75) is 44.9 Å². The summed E-state index contributed by atoms with van der Waals surface area (Å²) in [6.45, 7) is -0.785. The van der Waals surface area contributed by atoms with Crippen molar-refractivity contribution in [1.82, 2.24) is 5.32 Å². The van der Waals surface area contributed by atoms with E-state index in [9.17, 15) is 8.78 Å². The second-order valence-electron chi connectivity index (χ2n) is 5.08. The third-order valence-corrected chi connectivity index (χ3v) is 3.71. The molecule has 21 heavy (non-hydrogen) atoms. The molecule has 6 heteroatoms. The van der Waals surface area contributed by atoms with E-state index in [1.807, 2.05) is 0 Å². The number of nitrogens with one attached hydrogen (secondary N) is 1. The molecule has 0 aliphatic carbocycles. The zero-order valence-electron chi connectivity index (χ0n) is 11.8. The number of rotatable bonds is 7. The number of hydrogen-bond donors (Lipinski definition) is 1. The molecule has 118 valence electrons. The lowest BCUT2D eigenvalue weighted by Gasteiger charge is -2.22. The lowest BCUT2D eigenvalue weighted by atomic mass is 10.1. The Hall–Kier alpha value is -0.910. The first-order chi connectivity index (χ1) is 10.1. The van der Waals surface area contributed by atoms with Crippen molar-refractivity contribution in [3.05, 3.63) is 28.8 Å². The van der Waals surface area contributed by atoms with Crippen molar-refractivity contribution in [3.63, 3.8) is 0 Å². The fourth-order valence-electron chi connectivity index (χ4n) is 2.42. The lowest BCUT2D eigenvalue weighted by molar-refractivity contribution is -0.0505. The molecule has 1 unspecified atom stereocenters. The van der Waals surface area contributed by atoms with Gasteiger partial charge in [-0.15, -0.1) is 0 Å². The molecule has 1 aliphatic rings. The third kappa shape index (κ3) is 5.77. The molecule has 0 spiro atoms. The molecule has 1 heterocycles. The Kier molecular flexibility index (Phi) is 6.67. The predicted molar refractivity (Wildman–Crippen MR) is 78.0 cm³/mol. The normalized spacial score (nSPS) is 19.0. The Balaban J connectivity index is 1.79. The standard InChI is InChI=1S/C15H20ClF2NO2/c16-12-4-5-14(21-15(17)18)11(9-12)10-19-7-6-13-3-1-2-8-20-13/h4-5,9,13,15,19H,1-3,6-8,10H2. The number of alkyl halides is 2. The maximum atomic E-state index is 12.3. The summed E-state index contributed by atoms with van der Waals surface area (Å²) in [5.41, 5.74) is 0.632. The summed E-state index contributed by atoms with van der Waals surface area (Å²) in [7, 11) is 0. The Bertz CT molecular complexity index is 440. The predicted octanol–water partition coefficient (Wildman–Crippen LogP) is 3.99. The Morgan fingerprint density at radius 3 is 2.95 bits per heavy atom. The van der Waals surface area contributed by atoms with Gasteiger partial charge in [0.25, 0.3) is 0 Å². The zero-order valence-corrected chi connectivity index (χ0v) is 12.5. The molecule has 1 N–H and O–H groups in total. The van der Waals surface area contributed by atoms with Crippen molar-refractivity contribution >= 4 is 11.6 Å². The molecule has 1 aromatic carbocycles.